The summed E-state index contributed by atoms with van der Waals surface area (Å²) in [4.78, 5) is 27.7. The fourth-order valence-corrected chi connectivity index (χ4v) is 4.65. The van der Waals surface area contributed by atoms with Gasteiger partial charge in [0.05, 0.1) is 0 Å². The molecule has 0 aromatic carbocycles. The average molecular weight is 522 g/mol. The van der Waals surface area contributed by atoms with Crippen LogP contribution in [0.4, 0.5) is 8.78 Å². The molecule has 0 unspecified atom stereocenters. The molecule has 38 heavy (non-hydrogen) atoms. The van der Waals surface area contributed by atoms with Crippen LogP contribution in [0, 0.1) is 6.92 Å². The van der Waals surface area contributed by atoms with E-state index in [9.17, 15) is 13.6 Å². The van der Waals surface area contributed by atoms with Crippen molar-refractivity contribution in [3.05, 3.63) is 92.8 Å². The molecule has 0 N–H and O–H groups in total. The lowest BCUT2D eigenvalue weighted by Crippen LogP contribution is -2.31. The van der Waals surface area contributed by atoms with Crippen LogP contribution in [0.25, 0.3) is 16.7 Å². The van der Waals surface area contributed by atoms with Gasteiger partial charge in [0, 0.05) is 68.2 Å². The van der Waals surface area contributed by atoms with Gasteiger partial charge in [-0.2, -0.15) is 0 Å². The minimum Gasteiger partial charge on any atom is -0.367 e. The van der Waals surface area contributed by atoms with Gasteiger partial charge in [-0.3, -0.25) is 19.3 Å². The third-order valence-corrected chi connectivity index (χ3v) is 6.77. The Labute approximate surface area is 223 Å². The highest BCUT2D eigenvalue weighted by atomic mass is 19.3. The molecule has 8 heteroatoms. The second-order valence-electron chi connectivity index (χ2n) is 9.14. The Morgan fingerprint density at radius 2 is 1.92 bits per heavy atom. The summed E-state index contributed by atoms with van der Waals surface area (Å²) < 4.78 is 28.0. The number of aryl methyl sites for hydroxylation is 1. The number of rotatable bonds is 6. The van der Waals surface area contributed by atoms with Crippen molar-refractivity contribution < 1.29 is 8.78 Å². The fourth-order valence-electron chi connectivity index (χ4n) is 4.65. The number of fused-ring (bicyclic) bond motifs is 1. The molecule has 0 saturated carbocycles. The maximum absolute atomic E-state index is 13.4. The van der Waals surface area contributed by atoms with E-state index in [1.807, 2.05) is 53.1 Å². The van der Waals surface area contributed by atoms with Gasteiger partial charge in [-0.1, -0.05) is 26.8 Å². The lowest BCUT2D eigenvalue weighted by molar-refractivity contribution is 0.145. The van der Waals surface area contributed by atoms with Crippen molar-refractivity contribution in [1.82, 2.24) is 24.4 Å². The van der Waals surface area contributed by atoms with Crippen LogP contribution in [-0.2, 0) is 20.0 Å². The molecule has 0 radical (unpaired) electrons. The van der Waals surface area contributed by atoms with Crippen LogP contribution >= 0.6 is 0 Å². The van der Waals surface area contributed by atoms with E-state index in [1.54, 1.807) is 13.2 Å². The summed E-state index contributed by atoms with van der Waals surface area (Å²) >= 11 is 0. The van der Waals surface area contributed by atoms with Crippen molar-refractivity contribution in [1.29, 1.82) is 0 Å². The van der Waals surface area contributed by atoms with Gasteiger partial charge in [-0.15, -0.1) is 0 Å². The summed E-state index contributed by atoms with van der Waals surface area (Å²) in [7, 11) is 1.56. The van der Waals surface area contributed by atoms with E-state index in [0.29, 0.717) is 12.1 Å². The molecule has 0 bridgehead atoms. The maximum atomic E-state index is 13.4. The third kappa shape index (κ3) is 6.06. The van der Waals surface area contributed by atoms with Gasteiger partial charge < -0.3 is 4.90 Å². The largest absolute Gasteiger partial charge is 0.367 e. The summed E-state index contributed by atoms with van der Waals surface area (Å²) in [5.74, 6) is 0.256. The Bertz CT molecular complexity index is 1410. The number of aromatic nitrogens is 4. The first-order valence-electron chi connectivity index (χ1n) is 13.1. The van der Waals surface area contributed by atoms with Crippen LogP contribution in [0.3, 0.4) is 0 Å². The van der Waals surface area contributed by atoms with Gasteiger partial charge in [0.2, 0.25) is 0 Å². The number of alkyl halides is 2. The predicted molar refractivity (Wildman–Crippen MR) is 149 cm³/mol. The zero-order valence-corrected chi connectivity index (χ0v) is 23.3. The molecule has 1 aliphatic rings. The van der Waals surface area contributed by atoms with E-state index in [2.05, 4.69) is 33.9 Å². The molecule has 3 aromatic rings. The Hall–Kier alpha value is -3.68. The molecule has 6 nitrogen and oxygen atoms in total. The molecule has 1 aliphatic heterocycles. The van der Waals surface area contributed by atoms with Crippen molar-refractivity contribution in [2.45, 2.75) is 67.4 Å². The molecule has 3 aromatic heterocycles. The Balaban J connectivity index is 0.00000195. The number of hydrogen-bond acceptors (Lipinski definition) is 5. The molecule has 0 atom stereocenters. The van der Waals surface area contributed by atoms with Gasteiger partial charge >= 0.3 is 0 Å². The quantitative estimate of drug-likeness (QED) is 0.340. The predicted octanol–water partition coefficient (Wildman–Crippen LogP) is 6.66. The zero-order chi connectivity index (χ0) is 28.0. The summed E-state index contributed by atoms with van der Waals surface area (Å²) in [6.45, 7) is 13.4. The van der Waals surface area contributed by atoms with Crippen LogP contribution in [0.2, 0.25) is 0 Å². The molecular formula is C30H37F2N5O. The van der Waals surface area contributed by atoms with Gasteiger partial charge in [0.25, 0.3) is 12.0 Å². The third-order valence-electron chi connectivity index (χ3n) is 6.77. The zero-order valence-electron chi connectivity index (χ0n) is 23.3. The first-order chi connectivity index (χ1) is 18.2. The lowest BCUT2D eigenvalue weighted by Gasteiger charge is -2.33. The highest BCUT2D eigenvalue weighted by molar-refractivity contribution is 5.67. The standard InChI is InChI=1S/C28H31F2N5O.C2H6/c1-6-7-25(18(3)19(4)28-33-24(27(29)30)13-26(36)34(28)5)35-11-9-23-21(16-35)12-20(15-32-23)22-8-10-31-14-17(22)2;1-2/h7-8,10,12-15,27H,6,9,11,16H2,1-5H3;1-2H3/b19-18-,25-7-;. The SMILES string of the molecule is CC.CC/C=C(/C(C)=C(/C)c1nc(C(F)F)cc(=O)n1C)N1CCc2ncc(-c3ccncc3C)cc2C1. The van der Waals surface area contributed by atoms with Crippen molar-refractivity contribution in [2.24, 2.45) is 7.05 Å². The Kier molecular flexibility index (Phi) is 9.66. The molecule has 202 valence electrons. The lowest BCUT2D eigenvalue weighted by atomic mass is 9.97. The number of nitrogens with zero attached hydrogens (tertiary/aromatic N) is 5. The van der Waals surface area contributed by atoms with E-state index in [4.69, 9.17) is 4.98 Å². The molecule has 0 amide bonds. The fraction of sp³-hybridized carbons (Fsp3) is 0.400. The van der Waals surface area contributed by atoms with E-state index >= 15 is 0 Å². The monoisotopic (exact) mass is 521 g/mol. The maximum Gasteiger partial charge on any atom is 0.280 e. The minimum absolute atomic E-state index is 0.256. The normalized spacial score (nSPS) is 14.1. The van der Waals surface area contributed by atoms with Crippen LogP contribution in [0.15, 0.2) is 58.9 Å². The number of halogens is 2. The highest BCUT2D eigenvalue weighted by Gasteiger charge is 2.23. The van der Waals surface area contributed by atoms with Crippen LogP contribution in [0.1, 0.15) is 75.8 Å². The van der Waals surface area contributed by atoms with E-state index in [-0.39, 0.29) is 5.82 Å². The molecule has 4 heterocycles. The van der Waals surface area contributed by atoms with Gasteiger partial charge in [-0.25, -0.2) is 13.8 Å². The van der Waals surface area contributed by atoms with Crippen LogP contribution < -0.4 is 5.56 Å². The number of allylic oxidation sites excluding steroid dienone is 3. The van der Waals surface area contributed by atoms with Crippen molar-refractivity contribution >= 4 is 5.57 Å². The van der Waals surface area contributed by atoms with Crippen molar-refractivity contribution in [3.8, 4) is 11.1 Å². The molecule has 0 aliphatic carbocycles. The minimum atomic E-state index is -2.80. The van der Waals surface area contributed by atoms with E-state index < -0.39 is 17.7 Å². The molecule has 0 saturated heterocycles. The Morgan fingerprint density at radius 1 is 1.18 bits per heavy atom. The van der Waals surface area contributed by atoms with Gasteiger partial charge in [-0.05, 0) is 67.2 Å². The summed E-state index contributed by atoms with van der Waals surface area (Å²) in [5, 5.41) is 0. The summed E-state index contributed by atoms with van der Waals surface area (Å²) in [6, 6.07) is 5.10. The first kappa shape index (κ1) is 28.9. The van der Waals surface area contributed by atoms with Crippen LogP contribution in [-0.4, -0.2) is 31.0 Å². The molecule has 0 fully saturated rings. The second kappa shape index (κ2) is 12.7. The summed E-state index contributed by atoms with van der Waals surface area (Å²) in [6.07, 6.45) is 6.51. The molecule has 0 spiro atoms. The molecule has 4 rings (SSSR count). The van der Waals surface area contributed by atoms with Gasteiger partial charge in [0.15, 0.2) is 0 Å². The number of pyridine rings is 2. The first-order valence-corrected chi connectivity index (χ1v) is 13.1. The van der Waals surface area contributed by atoms with Gasteiger partial charge in [0.1, 0.15) is 11.5 Å². The van der Waals surface area contributed by atoms with Crippen molar-refractivity contribution in [2.75, 3.05) is 6.54 Å². The second-order valence-corrected chi connectivity index (χ2v) is 9.14. The Morgan fingerprint density at radius 3 is 2.58 bits per heavy atom. The average Bonchev–Trinajstić information content (AvgIpc) is 2.93. The van der Waals surface area contributed by atoms with Crippen molar-refractivity contribution in [3.63, 3.8) is 0 Å². The van der Waals surface area contributed by atoms with E-state index in [1.165, 1.54) is 4.57 Å². The highest BCUT2D eigenvalue weighted by Crippen LogP contribution is 2.31. The molecular weight excluding hydrogens is 484 g/mol. The van der Waals surface area contributed by atoms with E-state index in [0.717, 1.165) is 64.7 Å². The van der Waals surface area contributed by atoms with Crippen LogP contribution in [0.5, 0.6) is 0 Å². The topological polar surface area (TPSA) is 63.9 Å². The smallest absolute Gasteiger partial charge is 0.280 e. The number of hydrogen-bond donors (Lipinski definition) is 0. The summed E-state index contributed by atoms with van der Waals surface area (Å²) in [5.41, 5.74) is 7.13.